The number of amides is 1. The highest BCUT2D eigenvalue weighted by Crippen LogP contribution is 2.43. The van der Waals surface area contributed by atoms with Crippen LogP contribution in [0.15, 0.2) is 36.4 Å². The van der Waals surface area contributed by atoms with E-state index in [2.05, 4.69) is 17.3 Å². The van der Waals surface area contributed by atoms with Crippen LogP contribution in [0.2, 0.25) is 0 Å². The van der Waals surface area contributed by atoms with Crippen molar-refractivity contribution in [3.8, 4) is 0 Å². The molecule has 5 nitrogen and oxygen atoms in total. The molecule has 4 rings (SSSR count). The quantitative estimate of drug-likeness (QED) is 0.727. The number of rotatable bonds is 2. The molecule has 1 aromatic heterocycles. The number of halogens is 3. The summed E-state index contributed by atoms with van der Waals surface area (Å²) in [5.74, 6) is 0.436. The number of hydrogen-bond donors (Lipinski definition) is 1. The third-order valence-corrected chi connectivity index (χ3v) is 6.28. The second-order valence-corrected chi connectivity index (χ2v) is 8.75. The molecule has 0 spiro atoms. The average Bonchev–Trinajstić information content (AvgIpc) is 3.10. The van der Waals surface area contributed by atoms with Crippen LogP contribution < -0.4 is 5.32 Å². The van der Waals surface area contributed by atoms with Crippen LogP contribution in [0.25, 0.3) is 0 Å². The molecule has 1 fully saturated rings. The molecule has 0 bridgehead atoms. The monoisotopic (exact) mass is 420 g/mol. The number of nitrogens with zero attached hydrogens (tertiary/aromatic N) is 3. The largest absolute Gasteiger partial charge is 0.410 e. The number of piperidine rings is 1. The zero-order valence-corrected chi connectivity index (χ0v) is 17.4. The van der Waals surface area contributed by atoms with Crippen molar-refractivity contribution in [3.05, 3.63) is 47.7 Å². The van der Waals surface area contributed by atoms with E-state index in [9.17, 15) is 18.0 Å². The lowest BCUT2D eigenvalue weighted by Gasteiger charge is -2.41. The average molecular weight is 420 g/mol. The summed E-state index contributed by atoms with van der Waals surface area (Å²) in [5.41, 5.74) is 0.841. The predicted octanol–water partition coefficient (Wildman–Crippen LogP) is 5.19. The van der Waals surface area contributed by atoms with Crippen LogP contribution in [0, 0.1) is 5.92 Å². The fourth-order valence-corrected chi connectivity index (χ4v) is 5.04. The lowest BCUT2D eigenvalue weighted by atomic mass is 9.88. The van der Waals surface area contributed by atoms with Crippen molar-refractivity contribution < 1.29 is 18.0 Å². The van der Waals surface area contributed by atoms with Crippen molar-refractivity contribution in [2.24, 2.45) is 5.92 Å². The number of anilines is 1. The van der Waals surface area contributed by atoms with Gasteiger partial charge in [-0.1, -0.05) is 37.3 Å². The van der Waals surface area contributed by atoms with Crippen molar-refractivity contribution in [1.29, 1.82) is 0 Å². The number of carbonyl (C=O) groups is 1. The number of likely N-dealkylation sites (tertiary alicyclic amines) is 1. The Morgan fingerprint density at radius 3 is 2.30 bits per heavy atom. The van der Waals surface area contributed by atoms with E-state index in [1.807, 2.05) is 19.9 Å². The minimum atomic E-state index is -4.46. The Bertz CT molecular complexity index is 899. The summed E-state index contributed by atoms with van der Waals surface area (Å²) >= 11 is 0. The fraction of sp³-hybridized carbons (Fsp3) is 0.545. The maximum absolute atomic E-state index is 13.9. The molecule has 30 heavy (non-hydrogen) atoms. The second kappa shape index (κ2) is 7.63. The van der Waals surface area contributed by atoms with Crippen molar-refractivity contribution in [3.63, 3.8) is 0 Å². The Hall–Kier alpha value is -2.51. The molecular formula is C22H27F3N4O. The van der Waals surface area contributed by atoms with Gasteiger partial charge in [-0.3, -0.25) is 4.79 Å². The van der Waals surface area contributed by atoms with Crippen LogP contribution in [-0.4, -0.2) is 38.8 Å². The normalized spacial score (nSPS) is 29.3. The zero-order chi connectivity index (χ0) is 21.6. The number of aromatic nitrogens is 2. The van der Waals surface area contributed by atoms with E-state index in [4.69, 9.17) is 0 Å². The van der Waals surface area contributed by atoms with Gasteiger partial charge >= 0.3 is 6.18 Å². The van der Waals surface area contributed by atoms with Gasteiger partial charge in [-0.15, -0.1) is 0 Å². The third kappa shape index (κ3) is 3.79. The molecule has 1 N–H and O–H groups in total. The first-order chi connectivity index (χ1) is 14.1. The molecule has 5 atom stereocenters. The van der Waals surface area contributed by atoms with Crippen molar-refractivity contribution in [1.82, 2.24) is 14.7 Å². The summed E-state index contributed by atoms with van der Waals surface area (Å²) < 4.78 is 42.5. The Labute approximate surface area is 174 Å². The van der Waals surface area contributed by atoms with Gasteiger partial charge in [-0.05, 0) is 38.2 Å². The van der Waals surface area contributed by atoms with Crippen LogP contribution in [0.4, 0.5) is 19.0 Å². The molecule has 0 aliphatic carbocycles. The highest BCUT2D eigenvalue weighted by molar-refractivity contribution is 5.93. The molecule has 162 valence electrons. The zero-order valence-electron chi connectivity index (χ0n) is 17.4. The minimum Gasteiger partial charge on any atom is -0.363 e. The second-order valence-electron chi connectivity index (χ2n) is 8.75. The molecule has 0 saturated carbocycles. The molecule has 2 aliphatic rings. The summed E-state index contributed by atoms with van der Waals surface area (Å²) in [6, 6.07) is 8.29. The Morgan fingerprint density at radius 2 is 1.70 bits per heavy atom. The molecule has 3 heterocycles. The van der Waals surface area contributed by atoms with Gasteiger partial charge in [0.05, 0.1) is 6.04 Å². The van der Waals surface area contributed by atoms with Gasteiger partial charge in [0.15, 0.2) is 11.7 Å². The molecule has 1 aromatic carbocycles. The van der Waals surface area contributed by atoms with Crippen LogP contribution >= 0.6 is 0 Å². The number of benzene rings is 1. The summed E-state index contributed by atoms with van der Waals surface area (Å²) in [4.78, 5) is 15.0. The number of hydrogen-bond acceptors (Lipinski definition) is 3. The summed E-state index contributed by atoms with van der Waals surface area (Å²) in [7, 11) is 0. The van der Waals surface area contributed by atoms with Crippen LogP contribution in [-0.2, 0) is 0 Å². The van der Waals surface area contributed by atoms with Gasteiger partial charge in [0.2, 0.25) is 0 Å². The van der Waals surface area contributed by atoms with Crippen molar-refractivity contribution in [2.75, 3.05) is 5.32 Å². The lowest BCUT2D eigenvalue weighted by molar-refractivity contribution is -0.173. The third-order valence-electron chi connectivity index (χ3n) is 6.28. The van der Waals surface area contributed by atoms with E-state index in [1.54, 1.807) is 29.2 Å². The van der Waals surface area contributed by atoms with E-state index in [-0.39, 0.29) is 35.9 Å². The van der Waals surface area contributed by atoms with E-state index in [0.29, 0.717) is 5.92 Å². The summed E-state index contributed by atoms with van der Waals surface area (Å²) in [6.07, 6.45) is -2.88. The first-order valence-electron chi connectivity index (χ1n) is 10.5. The van der Waals surface area contributed by atoms with Gasteiger partial charge in [-0.2, -0.15) is 18.3 Å². The number of fused-ring (bicyclic) bond motifs is 1. The van der Waals surface area contributed by atoms with E-state index < -0.39 is 18.3 Å². The Kier molecular flexibility index (Phi) is 5.28. The molecule has 1 amide bonds. The van der Waals surface area contributed by atoms with Crippen molar-refractivity contribution in [2.45, 2.75) is 70.4 Å². The molecule has 2 aromatic rings. The lowest BCUT2D eigenvalue weighted by Crippen LogP contribution is -2.49. The molecule has 2 aliphatic heterocycles. The topological polar surface area (TPSA) is 50.2 Å². The number of carbonyl (C=O) groups excluding carboxylic acids is 1. The Balaban J connectivity index is 1.67. The van der Waals surface area contributed by atoms with Gasteiger partial charge in [0.1, 0.15) is 5.82 Å². The van der Waals surface area contributed by atoms with E-state index >= 15 is 0 Å². The van der Waals surface area contributed by atoms with Crippen molar-refractivity contribution >= 4 is 11.7 Å². The molecule has 1 unspecified atom stereocenters. The fourth-order valence-electron chi connectivity index (χ4n) is 5.04. The smallest absolute Gasteiger partial charge is 0.363 e. The van der Waals surface area contributed by atoms with Gasteiger partial charge in [-0.25, -0.2) is 4.68 Å². The molecule has 0 radical (unpaired) electrons. The van der Waals surface area contributed by atoms with Gasteiger partial charge < -0.3 is 10.2 Å². The van der Waals surface area contributed by atoms with Gasteiger partial charge in [0.25, 0.3) is 5.91 Å². The SMILES string of the molecule is CC1C[C@@H](C)N(C(=O)c2cc3n(n2)[C@H](C(F)(F)F)C[C@H](c2ccccc2)N3)[C@@H](C)C1. The van der Waals surface area contributed by atoms with Crippen LogP contribution in [0.5, 0.6) is 0 Å². The molecule has 8 heteroatoms. The summed E-state index contributed by atoms with van der Waals surface area (Å²) in [5, 5.41) is 7.29. The molecular weight excluding hydrogens is 393 g/mol. The summed E-state index contributed by atoms with van der Waals surface area (Å²) in [6.45, 7) is 6.14. The first-order valence-corrected chi connectivity index (χ1v) is 10.5. The molecule has 1 saturated heterocycles. The standard InChI is InChI=1S/C22H27F3N4O/c1-13-9-14(2)28(15(3)10-13)21(30)18-12-20-26-17(16-7-5-4-6-8-16)11-19(22(23,24)25)29(20)27-18/h4-8,12-15,17,19,26H,9-11H2,1-3H3/t13?,14-,15+,17-,19+/m1/s1. The van der Waals surface area contributed by atoms with E-state index in [0.717, 1.165) is 23.1 Å². The van der Waals surface area contributed by atoms with Crippen LogP contribution in [0.3, 0.4) is 0 Å². The number of nitrogens with one attached hydrogen (secondary N) is 1. The Morgan fingerprint density at radius 1 is 1.07 bits per heavy atom. The maximum Gasteiger partial charge on any atom is 0.410 e. The van der Waals surface area contributed by atoms with E-state index in [1.165, 1.54) is 6.07 Å². The predicted molar refractivity (Wildman–Crippen MR) is 108 cm³/mol. The highest BCUT2D eigenvalue weighted by Gasteiger charge is 2.47. The van der Waals surface area contributed by atoms with Crippen LogP contribution in [0.1, 0.15) is 68.2 Å². The number of alkyl halides is 3. The maximum atomic E-state index is 13.9. The van der Waals surface area contributed by atoms with Gasteiger partial charge in [0, 0.05) is 24.6 Å². The first kappa shape index (κ1) is 20.8. The highest BCUT2D eigenvalue weighted by atomic mass is 19.4. The minimum absolute atomic E-state index is 0.0263.